The highest BCUT2D eigenvalue weighted by Crippen LogP contribution is 2.19. The predicted molar refractivity (Wildman–Crippen MR) is 105 cm³/mol. The van der Waals surface area contributed by atoms with Gasteiger partial charge < -0.3 is 29.9 Å². The summed E-state index contributed by atoms with van der Waals surface area (Å²) in [4.78, 5) is 28.7. The third kappa shape index (κ3) is 5.59. The van der Waals surface area contributed by atoms with Gasteiger partial charge in [-0.3, -0.25) is 0 Å². The maximum Gasteiger partial charge on any atom is 0.317 e. The van der Waals surface area contributed by atoms with Gasteiger partial charge in [0.25, 0.3) is 0 Å². The van der Waals surface area contributed by atoms with Crippen molar-refractivity contribution in [2.24, 2.45) is 0 Å². The molecule has 28 heavy (non-hydrogen) atoms. The van der Waals surface area contributed by atoms with Gasteiger partial charge in [0.2, 0.25) is 0 Å². The number of nitrogens with zero attached hydrogens (tertiary/aromatic N) is 2. The molecule has 1 aromatic carbocycles. The van der Waals surface area contributed by atoms with Crippen molar-refractivity contribution in [3.8, 4) is 0 Å². The van der Waals surface area contributed by atoms with Gasteiger partial charge in [0.05, 0.1) is 32.5 Å². The topological polar surface area (TPSA) is 83.1 Å². The summed E-state index contributed by atoms with van der Waals surface area (Å²) in [7, 11) is 0. The van der Waals surface area contributed by atoms with Gasteiger partial charge in [-0.25, -0.2) is 9.59 Å². The van der Waals surface area contributed by atoms with Crippen molar-refractivity contribution in [1.29, 1.82) is 0 Å². The van der Waals surface area contributed by atoms with Crippen molar-refractivity contribution in [1.82, 2.24) is 20.4 Å². The van der Waals surface area contributed by atoms with Gasteiger partial charge in [-0.15, -0.1) is 0 Å². The van der Waals surface area contributed by atoms with Crippen LogP contribution in [0.5, 0.6) is 0 Å². The number of benzene rings is 1. The van der Waals surface area contributed by atoms with Crippen molar-refractivity contribution in [3.63, 3.8) is 0 Å². The summed E-state index contributed by atoms with van der Waals surface area (Å²) in [5.74, 6) is 0.0520. The number of nitrogens with one attached hydrogen (secondary N) is 2. The Labute approximate surface area is 166 Å². The third-order valence-electron chi connectivity index (χ3n) is 5.31. The molecule has 8 nitrogen and oxygen atoms in total. The number of morpholine rings is 2. The summed E-state index contributed by atoms with van der Waals surface area (Å²) in [5, 5.41) is 6.10. The number of ether oxygens (including phenoxy) is 2. The summed E-state index contributed by atoms with van der Waals surface area (Å²) >= 11 is 0. The highest BCUT2D eigenvalue weighted by atomic mass is 16.5. The van der Waals surface area contributed by atoms with E-state index >= 15 is 0 Å². The maximum absolute atomic E-state index is 12.7. The SMILES string of the molecule is C[C@H](c1ccccc1)[C@@H](CNC(=O)N1CCOCC1)NC(=O)N1CCOCC1. The van der Waals surface area contributed by atoms with Crippen molar-refractivity contribution in [2.75, 3.05) is 59.2 Å². The summed E-state index contributed by atoms with van der Waals surface area (Å²) in [5.41, 5.74) is 1.12. The zero-order valence-electron chi connectivity index (χ0n) is 16.4. The highest BCUT2D eigenvalue weighted by molar-refractivity contribution is 5.76. The number of carbonyl (C=O) groups is 2. The molecule has 0 spiro atoms. The Bertz CT molecular complexity index is 630. The van der Waals surface area contributed by atoms with Crippen LogP contribution in [0.4, 0.5) is 9.59 Å². The average molecular weight is 390 g/mol. The molecule has 0 aliphatic carbocycles. The molecule has 2 heterocycles. The molecule has 2 aliphatic heterocycles. The molecule has 4 amide bonds. The van der Waals surface area contributed by atoms with Gasteiger partial charge in [-0.05, 0) is 5.56 Å². The number of hydrogen-bond donors (Lipinski definition) is 2. The first-order chi connectivity index (χ1) is 13.6. The van der Waals surface area contributed by atoms with Crippen molar-refractivity contribution in [3.05, 3.63) is 35.9 Å². The first-order valence-corrected chi connectivity index (χ1v) is 9.94. The average Bonchev–Trinajstić information content (AvgIpc) is 2.77. The fraction of sp³-hybridized carbons (Fsp3) is 0.600. The standard InChI is InChI=1S/C20H30N4O4/c1-16(17-5-3-2-4-6-17)18(22-20(26)24-9-13-28-14-10-24)15-21-19(25)23-7-11-27-12-8-23/h2-6,16,18H,7-15H2,1H3,(H,21,25)(H,22,26)/t16-,18-/m1/s1. The van der Waals surface area contributed by atoms with Gasteiger partial charge in [0.15, 0.2) is 0 Å². The monoisotopic (exact) mass is 390 g/mol. The molecule has 8 heteroatoms. The van der Waals surface area contributed by atoms with Crippen LogP contribution in [0.2, 0.25) is 0 Å². The molecule has 2 atom stereocenters. The first kappa shape index (κ1) is 20.4. The lowest BCUT2D eigenvalue weighted by atomic mass is 9.93. The third-order valence-corrected chi connectivity index (χ3v) is 5.31. The lowest BCUT2D eigenvalue weighted by Crippen LogP contribution is -2.55. The van der Waals surface area contributed by atoms with Crippen LogP contribution in [-0.4, -0.2) is 87.1 Å². The van der Waals surface area contributed by atoms with Gasteiger partial charge in [0, 0.05) is 38.6 Å². The molecule has 0 saturated carbocycles. The van der Waals surface area contributed by atoms with Gasteiger partial charge in [-0.2, -0.15) is 0 Å². The minimum Gasteiger partial charge on any atom is -0.378 e. The first-order valence-electron chi connectivity index (χ1n) is 9.94. The van der Waals surface area contributed by atoms with Crippen LogP contribution in [0.3, 0.4) is 0 Å². The van der Waals surface area contributed by atoms with E-state index in [1.807, 2.05) is 30.3 Å². The fourth-order valence-electron chi connectivity index (χ4n) is 3.43. The van der Waals surface area contributed by atoms with Crippen LogP contribution >= 0.6 is 0 Å². The lowest BCUT2D eigenvalue weighted by molar-refractivity contribution is 0.0513. The molecular formula is C20H30N4O4. The quantitative estimate of drug-likeness (QED) is 0.793. The molecule has 0 bridgehead atoms. The minimum absolute atomic E-state index is 0.0520. The Balaban J connectivity index is 1.63. The van der Waals surface area contributed by atoms with E-state index in [-0.39, 0.29) is 24.0 Å². The smallest absolute Gasteiger partial charge is 0.317 e. The Kier molecular flexibility index (Phi) is 7.50. The lowest BCUT2D eigenvalue weighted by Gasteiger charge is -2.33. The largest absolute Gasteiger partial charge is 0.378 e. The van der Waals surface area contributed by atoms with Crippen LogP contribution < -0.4 is 10.6 Å². The maximum atomic E-state index is 12.7. The Morgan fingerprint density at radius 3 is 2.04 bits per heavy atom. The van der Waals surface area contributed by atoms with E-state index in [4.69, 9.17) is 9.47 Å². The van der Waals surface area contributed by atoms with E-state index in [2.05, 4.69) is 17.6 Å². The molecular weight excluding hydrogens is 360 g/mol. The van der Waals surface area contributed by atoms with Gasteiger partial charge >= 0.3 is 12.1 Å². The molecule has 0 unspecified atom stereocenters. The van der Waals surface area contributed by atoms with E-state index in [9.17, 15) is 9.59 Å². The molecule has 1 aromatic rings. The van der Waals surface area contributed by atoms with E-state index < -0.39 is 0 Å². The van der Waals surface area contributed by atoms with E-state index in [0.717, 1.165) is 5.56 Å². The van der Waals surface area contributed by atoms with Crippen LogP contribution in [0.15, 0.2) is 30.3 Å². The molecule has 2 N–H and O–H groups in total. The molecule has 2 saturated heterocycles. The number of urea groups is 2. The molecule has 154 valence electrons. The van der Waals surface area contributed by atoms with E-state index in [0.29, 0.717) is 59.2 Å². The second kappa shape index (κ2) is 10.3. The summed E-state index contributed by atoms with van der Waals surface area (Å²) in [6.45, 7) is 7.01. The fourth-order valence-corrected chi connectivity index (χ4v) is 3.43. The second-order valence-corrected chi connectivity index (χ2v) is 7.14. The van der Waals surface area contributed by atoms with Gasteiger partial charge in [0.1, 0.15) is 0 Å². The number of carbonyl (C=O) groups excluding carboxylic acids is 2. The van der Waals surface area contributed by atoms with Crippen molar-refractivity contribution in [2.45, 2.75) is 18.9 Å². The Morgan fingerprint density at radius 1 is 0.929 bits per heavy atom. The predicted octanol–water partition coefficient (Wildman–Crippen LogP) is 1.24. The Hall–Kier alpha value is -2.32. The normalized spacial score (nSPS) is 19.6. The summed E-state index contributed by atoms with van der Waals surface area (Å²) in [6, 6.07) is 9.58. The van der Waals surface area contributed by atoms with Gasteiger partial charge in [-0.1, -0.05) is 37.3 Å². The van der Waals surface area contributed by atoms with Crippen molar-refractivity contribution >= 4 is 12.1 Å². The van der Waals surface area contributed by atoms with Crippen LogP contribution in [0, 0.1) is 0 Å². The molecule has 0 aromatic heterocycles. The molecule has 0 radical (unpaired) electrons. The van der Waals surface area contributed by atoms with E-state index in [1.165, 1.54) is 0 Å². The summed E-state index contributed by atoms with van der Waals surface area (Å²) < 4.78 is 10.6. The zero-order valence-corrected chi connectivity index (χ0v) is 16.4. The van der Waals surface area contributed by atoms with Crippen LogP contribution in [0.1, 0.15) is 18.4 Å². The van der Waals surface area contributed by atoms with Crippen LogP contribution in [0.25, 0.3) is 0 Å². The molecule has 2 fully saturated rings. The van der Waals surface area contributed by atoms with E-state index in [1.54, 1.807) is 9.80 Å². The van der Waals surface area contributed by atoms with Crippen LogP contribution in [-0.2, 0) is 9.47 Å². The zero-order chi connectivity index (χ0) is 19.8. The number of rotatable bonds is 5. The number of amides is 4. The number of hydrogen-bond acceptors (Lipinski definition) is 4. The minimum atomic E-state index is -0.220. The van der Waals surface area contributed by atoms with Crippen molar-refractivity contribution < 1.29 is 19.1 Å². The highest BCUT2D eigenvalue weighted by Gasteiger charge is 2.26. The molecule has 3 rings (SSSR count). The second-order valence-electron chi connectivity index (χ2n) is 7.14. The Morgan fingerprint density at radius 2 is 1.46 bits per heavy atom. The molecule has 2 aliphatic rings. The summed E-state index contributed by atoms with van der Waals surface area (Å²) in [6.07, 6.45) is 0.